The molecule has 1 aliphatic carbocycles. The molecule has 1 aliphatic rings. The van der Waals surface area contributed by atoms with Crippen molar-refractivity contribution in [3.63, 3.8) is 0 Å². The largest absolute Gasteiger partial charge is 0.456 e. The number of furan rings is 1. The summed E-state index contributed by atoms with van der Waals surface area (Å²) < 4.78 is 6.15. The lowest BCUT2D eigenvalue weighted by Gasteiger charge is -2.15. The molecule has 0 saturated carbocycles. The molecule has 1 heterocycles. The minimum atomic E-state index is 0.655. The molecule has 0 unspecified atom stereocenters. The molecular formula is C48H40N2O. The Kier molecular flexibility index (Phi) is 8.63. The third-order valence-electron chi connectivity index (χ3n) is 10.0. The molecule has 0 radical (unpaired) electrons. The summed E-state index contributed by atoms with van der Waals surface area (Å²) in [5.74, 6) is 0.660. The molecule has 0 saturated heterocycles. The van der Waals surface area contributed by atoms with Gasteiger partial charge in [0.15, 0.2) is 5.84 Å². The van der Waals surface area contributed by atoms with E-state index in [9.17, 15) is 0 Å². The van der Waals surface area contributed by atoms with E-state index in [0.29, 0.717) is 11.5 Å². The van der Waals surface area contributed by atoms with Crippen molar-refractivity contribution in [3.8, 4) is 22.3 Å². The molecule has 0 spiro atoms. The summed E-state index contributed by atoms with van der Waals surface area (Å²) in [4.78, 5) is 10.2. The maximum absolute atomic E-state index is 6.15. The van der Waals surface area contributed by atoms with Gasteiger partial charge in [0.25, 0.3) is 0 Å². The van der Waals surface area contributed by atoms with E-state index in [1.165, 1.54) is 44.2 Å². The molecule has 6 aromatic carbocycles. The van der Waals surface area contributed by atoms with E-state index >= 15 is 0 Å². The Bertz CT molecular complexity index is 2590. The van der Waals surface area contributed by atoms with Gasteiger partial charge in [-0.15, -0.1) is 0 Å². The first-order valence-electron chi connectivity index (χ1n) is 17.8. The quantitative estimate of drug-likeness (QED) is 0.124. The van der Waals surface area contributed by atoms with Gasteiger partial charge < -0.3 is 4.42 Å². The van der Waals surface area contributed by atoms with Crippen molar-refractivity contribution >= 4 is 50.0 Å². The molecule has 0 bridgehead atoms. The lowest BCUT2D eigenvalue weighted by Crippen LogP contribution is -2.06. The van der Waals surface area contributed by atoms with E-state index in [-0.39, 0.29) is 0 Å². The molecule has 0 aliphatic heterocycles. The van der Waals surface area contributed by atoms with Gasteiger partial charge in [-0.1, -0.05) is 135 Å². The number of hydrogen-bond acceptors (Lipinski definition) is 2. The average Bonchev–Trinajstić information content (AvgIpc) is 3.56. The zero-order chi connectivity index (χ0) is 34.9. The van der Waals surface area contributed by atoms with Crippen LogP contribution in [0.15, 0.2) is 166 Å². The van der Waals surface area contributed by atoms with Crippen LogP contribution in [-0.4, -0.2) is 11.5 Å². The third kappa shape index (κ3) is 6.17. The van der Waals surface area contributed by atoms with Crippen LogP contribution in [0.4, 0.5) is 0 Å². The first-order chi connectivity index (χ1) is 25.0. The van der Waals surface area contributed by atoms with Gasteiger partial charge in [0, 0.05) is 27.6 Å². The van der Waals surface area contributed by atoms with Gasteiger partial charge in [0.05, 0.1) is 5.70 Å². The Labute approximate surface area is 299 Å². The van der Waals surface area contributed by atoms with Crippen LogP contribution in [0.5, 0.6) is 0 Å². The molecule has 51 heavy (non-hydrogen) atoms. The van der Waals surface area contributed by atoms with Gasteiger partial charge in [-0.2, -0.15) is 0 Å². The van der Waals surface area contributed by atoms with E-state index in [2.05, 4.69) is 137 Å². The first kappa shape index (κ1) is 32.2. The first-order valence-corrected chi connectivity index (χ1v) is 17.8. The zero-order valence-corrected chi connectivity index (χ0v) is 29.4. The molecule has 248 valence electrons. The number of amidine groups is 1. The van der Waals surface area contributed by atoms with E-state index in [0.717, 1.165) is 63.6 Å². The number of aryl methyl sites for hydroxylation is 2. The lowest BCUT2D eigenvalue weighted by atomic mass is 9.89. The minimum absolute atomic E-state index is 0.655. The highest BCUT2D eigenvalue weighted by Crippen LogP contribution is 2.37. The highest BCUT2D eigenvalue weighted by molar-refractivity contribution is 6.15. The van der Waals surface area contributed by atoms with Crippen molar-refractivity contribution in [3.05, 3.63) is 174 Å². The van der Waals surface area contributed by atoms with Crippen molar-refractivity contribution in [1.82, 2.24) is 0 Å². The van der Waals surface area contributed by atoms with Crippen molar-refractivity contribution in [2.75, 3.05) is 0 Å². The van der Waals surface area contributed by atoms with Crippen LogP contribution in [0.3, 0.4) is 0 Å². The normalized spacial score (nSPS) is 13.7. The Balaban J connectivity index is 1.13. The lowest BCUT2D eigenvalue weighted by molar-refractivity contribution is 0.669. The van der Waals surface area contributed by atoms with Crippen LogP contribution in [0.1, 0.15) is 48.9 Å². The van der Waals surface area contributed by atoms with E-state index < -0.39 is 0 Å². The zero-order valence-electron chi connectivity index (χ0n) is 29.4. The van der Waals surface area contributed by atoms with Gasteiger partial charge in [0.2, 0.25) is 0 Å². The second kappa shape index (κ2) is 13.7. The second-order valence-corrected chi connectivity index (χ2v) is 13.3. The molecule has 8 rings (SSSR count). The van der Waals surface area contributed by atoms with Crippen LogP contribution in [0.25, 0.3) is 60.7 Å². The smallest absolute Gasteiger partial charge is 0.159 e. The highest BCUT2D eigenvalue weighted by Gasteiger charge is 2.16. The van der Waals surface area contributed by atoms with Gasteiger partial charge >= 0.3 is 0 Å². The standard InChI is InChI=1S/C48H40N2O/c1-5-34-22-27-39-30-38(28-29-42(39)46(34)40-17-10-9-14-31(40)2)36-25-23-35(24-26-36)32(3)49-48(37-15-7-6-8-16-37)50-33(4)41-19-13-21-45-47(41)43-18-11-12-20-44(43)51-45/h7,9-30H,4-6,8H2,1-3H3. The van der Waals surface area contributed by atoms with Crippen molar-refractivity contribution < 1.29 is 4.42 Å². The van der Waals surface area contributed by atoms with E-state index in [1.807, 2.05) is 30.3 Å². The number of nitrogens with zero attached hydrogens (tertiary/aromatic N) is 2. The Morgan fingerprint density at radius 2 is 1.53 bits per heavy atom. The van der Waals surface area contributed by atoms with Gasteiger partial charge in [-0.25, -0.2) is 9.98 Å². The molecular weight excluding hydrogens is 621 g/mol. The van der Waals surface area contributed by atoms with E-state index in [4.69, 9.17) is 14.4 Å². The number of hydrogen-bond donors (Lipinski definition) is 0. The molecule has 0 amide bonds. The molecule has 0 N–H and O–H groups in total. The number of aliphatic imine (C=N–C) groups is 2. The second-order valence-electron chi connectivity index (χ2n) is 13.3. The van der Waals surface area contributed by atoms with Crippen molar-refractivity contribution in [2.45, 2.75) is 40.0 Å². The van der Waals surface area contributed by atoms with Crippen molar-refractivity contribution in [1.29, 1.82) is 0 Å². The molecule has 1 aromatic heterocycles. The fraction of sp³-hybridized carbons (Fsp3) is 0.125. The predicted octanol–water partition coefficient (Wildman–Crippen LogP) is 13.1. The van der Waals surface area contributed by atoms with Crippen LogP contribution in [-0.2, 0) is 6.42 Å². The number of rotatable bonds is 7. The maximum atomic E-state index is 6.15. The fourth-order valence-corrected chi connectivity index (χ4v) is 7.28. The highest BCUT2D eigenvalue weighted by atomic mass is 16.3. The maximum Gasteiger partial charge on any atom is 0.159 e. The Hall–Kier alpha value is -6.06. The average molecular weight is 661 g/mol. The molecule has 0 atom stereocenters. The van der Waals surface area contributed by atoms with Crippen LogP contribution >= 0.6 is 0 Å². The predicted molar refractivity (Wildman–Crippen MR) is 218 cm³/mol. The summed E-state index contributed by atoms with van der Waals surface area (Å²) in [7, 11) is 0. The summed E-state index contributed by atoms with van der Waals surface area (Å²) >= 11 is 0. The SMILES string of the molecule is C=C(N=C(N=C(C)c1ccc(-c2ccc3c(-c4ccccc4C)c(CC)ccc3c2)cc1)C1=CCCC=C1)c1cccc2oc3ccccc3c12. The van der Waals surface area contributed by atoms with Crippen molar-refractivity contribution in [2.24, 2.45) is 9.98 Å². The minimum Gasteiger partial charge on any atom is -0.456 e. The molecule has 7 aromatic rings. The molecule has 3 heteroatoms. The van der Waals surface area contributed by atoms with E-state index in [1.54, 1.807) is 0 Å². The number of benzene rings is 6. The van der Waals surface area contributed by atoms with Gasteiger partial charge in [0.1, 0.15) is 11.2 Å². The summed E-state index contributed by atoms with van der Waals surface area (Å²) in [5.41, 5.74) is 13.9. The van der Waals surface area contributed by atoms with Crippen LogP contribution in [0.2, 0.25) is 0 Å². The number of allylic oxidation sites excluding steroid dienone is 2. The van der Waals surface area contributed by atoms with Crippen LogP contribution in [0, 0.1) is 6.92 Å². The topological polar surface area (TPSA) is 37.9 Å². The molecule has 0 fully saturated rings. The molecule has 3 nitrogen and oxygen atoms in total. The van der Waals surface area contributed by atoms with Crippen LogP contribution < -0.4 is 0 Å². The fourth-order valence-electron chi connectivity index (χ4n) is 7.28. The number of para-hydroxylation sites is 1. The van der Waals surface area contributed by atoms with Gasteiger partial charge in [-0.3, -0.25) is 0 Å². The number of fused-ring (bicyclic) bond motifs is 4. The summed E-state index contributed by atoms with van der Waals surface area (Å²) in [6, 6.07) is 43.0. The van der Waals surface area contributed by atoms with Gasteiger partial charge in [-0.05, 0) is 101 Å². The summed E-state index contributed by atoms with van der Waals surface area (Å²) in [6.07, 6.45) is 9.50. The summed E-state index contributed by atoms with van der Waals surface area (Å²) in [5, 5.41) is 4.63. The Morgan fingerprint density at radius 1 is 0.745 bits per heavy atom. The summed E-state index contributed by atoms with van der Waals surface area (Å²) in [6.45, 7) is 10.9. The monoisotopic (exact) mass is 660 g/mol. The Morgan fingerprint density at radius 3 is 2.33 bits per heavy atom. The third-order valence-corrected chi connectivity index (χ3v) is 10.0.